The van der Waals surface area contributed by atoms with Gasteiger partial charge in [-0.1, -0.05) is 6.42 Å². The summed E-state index contributed by atoms with van der Waals surface area (Å²) >= 11 is 0. The lowest BCUT2D eigenvalue weighted by Gasteiger charge is -2.31. The molecule has 6 heteroatoms. The molecule has 1 aromatic carbocycles. The predicted octanol–water partition coefficient (Wildman–Crippen LogP) is 3.29. The van der Waals surface area contributed by atoms with E-state index >= 15 is 0 Å². The summed E-state index contributed by atoms with van der Waals surface area (Å²) in [5, 5.41) is 2.94. The van der Waals surface area contributed by atoms with Crippen LogP contribution in [0, 0.1) is 0 Å². The van der Waals surface area contributed by atoms with Crippen LogP contribution in [-0.2, 0) is 9.47 Å². The summed E-state index contributed by atoms with van der Waals surface area (Å²) in [4.78, 5) is 12.5. The first-order chi connectivity index (χ1) is 12.7. The van der Waals surface area contributed by atoms with E-state index in [1.807, 2.05) is 13.8 Å². The predicted molar refractivity (Wildman–Crippen MR) is 97.8 cm³/mol. The van der Waals surface area contributed by atoms with E-state index in [9.17, 15) is 4.79 Å². The Balaban J connectivity index is 1.55. The van der Waals surface area contributed by atoms with E-state index < -0.39 is 5.79 Å². The Morgan fingerprint density at radius 1 is 1.15 bits per heavy atom. The van der Waals surface area contributed by atoms with Crippen LogP contribution < -0.4 is 14.8 Å². The molecule has 0 radical (unpaired) electrons. The summed E-state index contributed by atoms with van der Waals surface area (Å²) in [5.74, 6) is 0.679. The lowest BCUT2D eigenvalue weighted by molar-refractivity contribution is -0.186. The van der Waals surface area contributed by atoms with Crippen molar-refractivity contribution in [1.82, 2.24) is 5.32 Å². The quantitative estimate of drug-likeness (QED) is 0.805. The maximum Gasteiger partial charge on any atom is 0.251 e. The number of nitrogens with one attached hydrogen (secondary N) is 1. The van der Waals surface area contributed by atoms with Crippen LogP contribution in [0.4, 0.5) is 0 Å². The van der Waals surface area contributed by atoms with Gasteiger partial charge in [-0.3, -0.25) is 4.79 Å². The minimum Gasteiger partial charge on any atom is -0.490 e. The number of hydrogen-bond acceptors (Lipinski definition) is 5. The highest BCUT2D eigenvalue weighted by Gasteiger charge is 2.42. The van der Waals surface area contributed by atoms with E-state index in [0.717, 1.165) is 25.7 Å². The van der Waals surface area contributed by atoms with E-state index in [0.29, 0.717) is 43.4 Å². The first kappa shape index (κ1) is 19.0. The van der Waals surface area contributed by atoms with Crippen molar-refractivity contribution in [2.75, 3.05) is 26.4 Å². The maximum absolute atomic E-state index is 12.5. The van der Waals surface area contributed by atoms with Gasteiger partial charge in [0.25, 0.3) is 5.91 Å². The normalized spacial score (nSPS) is 21.5. The van der Waals surface area contributed by atoms with Crippen molar-refractivity contribution in [2.24, 2.45) is 0 Å². The Hall–Kier alpha value is -1.79. The minimum atomic E-state index is -0.408. The van der Waals surface area contributed by atoms with Crippen LogP contribution in [0.15, 0.2) is 18.2 Å². The van der Waals surface area contributed by atoms with Crippen LogP contribution in [0.3, 0.4) is 0 Å². The van der Waals surface area contributed by atoms with Gasteiger partial charge in [-0.05, 0) is 44.9 Å². The Morgan fingerprint density at radius 2 is 1.88 bits per heavy atom. The van der Waals surface area contributed by atoms with Gasteiger partial charge in [-0.2, -0.15) is 0 Å². The average molecular weight is 363 g/mol. The number of benzene rings is 1. The number of carbonyl (C=O) groups is 1. The van der Waals surface area contributed by atoms with Crippen LogP contribution in [0.2, 0.25) is 0 Å². The first-order valence-electron chi connectivity index (χ1n) is 9.65. The van der Waals surface area contributed by atoms with Gasteiger partial charge in [0.2, 0.25) is 0 Å². The number of carbonyl (C=O) groups excluding carboxylic acids is 1. The van der Waals surface area contributed by atoms with Crippen LogP contribution in [0.5, 0.6) is 11.5 Å². The van der Waals surface area contributed by atoms with Gasteiger partial charge in [-0.25, -0.2) is 0 Å². The zero-order chi connectivity index (χ0) is 18.4. The lowest BCUT2D eigenvalue weighted by Crippen LogP contribution is -2.37. The van der Waals surface area contributed by atoms with Gasteiger partial charge >= 0.3 is 0 Å². The molecule has 1 aliphatic heterocycles. The molecule has 1 aliphatic carbocycles. The third-order valence-electron chi connectivity index (χ3n) is 4.82. The molecule has 1 spiro atoms. The molecule has 26 heavy (non-hydrogen) atoms. The number of rotatable bonds is 7. The van der Waals surface area contributed by atoms with Crippen molar-refractivity contribution in [2.45, 2.75) is 57.8 Å². The van der Waals surface area contributed by atoms with E-state index in [-0.39, 0.29) is 12.0 Å². The molecule has 1 heterocycles. The fourth-order valence-corrected chi connectivity index (χ4v) is 3.57. The highest BCUT2D eigenvalue weighted by atomic mass is 16.7. The van der Waals surface area contributed by atoms with E-state index in [2.05, 4.69) is 5.32 Å². The van der Waals surface area contributed by atoms with Crippen molar-refractivity contribution in [3.63, 3.8) is 0 Å². The van der Waals surface area contributed by atoms with Crippen molar-refractivity contribution in [3.05, 3.63) is 23.8 Å². The third-order valence-corrected chi connectivity index (χ3v) is 4.82. The molecular weight excluding hydrogens is 334 g/mol. The molecule has 0 unspecified atom stereocenters. The molecule has 0 aromatic heterocycles. The highest BCUT2D eigenvalue weighted by Crippen LogP contribution is 2.37. The fraction of sp³-hybridized carbons (Fsp3) is 0.650. The Bertz CT molecular complexity index is 612. The van der Waals surface area contributed by atoms with Crippen molar-refractivity contribution >= 4 is 5.91 Å². The first-order valence-corrected chi connectivity index (χ1v) is 9.65. The summed E-state index contributed by atoms with van der Waals surface area (Å²) in [7, 11) is 0. The zero-order valence-electron chi connectivity index (χ0n) is 15.7. The molecule has 2 aliphatic rings. The van der Waals surface area contributed by atoms with E-state index in [1.54, 1.807) is 18.2 Å². The molecule has 0 bridgehead atoms. The van der Waals surface area contributed by atoms with E-state index in [1.165, 1.54) is 6.42 Å². The van der Waals surface area contributed by atoms with Crippen molar-refractivity contribution in [1.29, 1.82) is 0 Å². The number of ether oxygens (including phenoxy) is 4. The molecule has 3 rings (SSSR count). The topological polar surface area (TPSA) is 66.0 Å². The summed E-state index contributed by atoms with van der Waals surface area (Å²) in [6, 6.07) is 5.24. The van der Waals surface area contributed by atoms with Crippen molar-refractivity contribution < 1.29 is 23.7 Å². The van der Waals surface area contributed by atoms with Gasteiger partial charge < -0.3 is 24.3 Å². The molecule has 6 nitrogen and oxygen atoms in total. The second-order valence-electron chi connectivity index (χ2n) is 6.76. The van der Waals surface area contributed by atoms with Gasteiger partial charge in [0.15, 0.2) is 17.3 Å². The second kappa shape index (κ2) is 8.73. The van der Waals surface area contributed by atoms with Gasteiger partial charge in [-0.15, -0.1) is 0 Å². The minimum absolute atomic E-state index is 0.0916. The summed E-state index contributed by atoms with van der Waals surface area (Å²) in [6.45, 7) is 5.86. The summed E-state index contributed by atoms with van der Waals surface area (Å²) < 4.78 is 23.1. The molecule has 1 N–H and O–H groups in total. The second-order valence-corrected chi connectivity index (χ2v) is 6.76. The summed E-state index contributed by atoms with van der Waals surface area (Å²) in [5.41, 5.74) is 0.545. The van der Waals surface area contributed by atoms with Crippen molar-refractivity contribution in [3.8, 4) is 11.5 Å². The molecule has 1 saturated carbocycles. The Kier molecular flexibility index (Phi) is 6.38. The molecule has 144 valence electrons. The number of hydrogen-bond donors (Lipinski definition) is 1. The van der Waals surface area contributed by atoms with Crippen LogP contribution in [-0.4, -0.2) is 44.2 Å². The molecule has 1 amide bonds. The largest absolute Gasteiger partial charge is 0.490 e. The smallest absolute Gasteiger partial charge is 0.251 e. The molecule has 1 aromatic rings. The monoisotopic (exact) mass is 363 g/mol. The third kappa shape index (κ3) is 4.48. The van der Waals surface area contributed by atoms with Crippen LogP contribution >= 0.6 is 0 Å². The molecule has 1 atom stereocenters. The standard InChI is InChI=1S/C20H29NO5/c1-3-23-17-9-8-15(12-18(17)24-4-2)19(22)21-13-16-14-25-20(26-16)10-6-5-7-11-20/h8-9,12,16H,3-7,10-11,13-14H2,1-2H3,(H,21,22)/t16-/m1/s1. The van der Waals surface area contributed by atoms with Gasteiger partial charge in [0.05, 0.1) is 19.8 Å². The van der Waals surface area contributed by atoms with Crippen LogP contribution in [0.25, 0.3) is 0 Å². The maximum atomic E-state index is 12.5. The average Bonchev–Trinajstić information content (AvgIpc) is 3.04. The zero-order valence-corrected chi connectivity index (χ0v) is 15.7. The van der Waals surface area contributed by atoms with Crippen LogP contribution in [0.1, 0.15) is 56.3 Å². The molecule has 1 saturated heterocycles. The SMILES string of the molecule is CCOc1ccc(C(=O)NC[C@@H]2COC3(CCCCC3)O2)cc1OCC. The molecule has 2 fully saturated rings. The van der Waals surface area contributed by atoms with Gasteiger partial charge in [0.1, 0.15) is 6.10 Å². The highest BCUT2D eigenvalue weighted by molar-refractivity contribution is 5.94. The van der Waals surface area contributed by atoms with Gasteiger partial charge in [0, 0.05) is 24.9 Å². The Morgan fingerprint density at radius 3 is 2.62 bits per heavy atom. The lowest BCUT2D eigenvalue weighted by atomic mass is 9.94. The van der Waals surface area contributed by atoms with E-state index in [4.69, 9.17) is 18.9 Å². The summed E-state index contributed by atoms with van der Waals surface area (Å²) in [6.07, 6.45) is 5.35. The molecular formula is C20H29NO5. The number of amides is 1. The Labute approximate surface area is 155 Å². The fourth-order valence-electron chi connectivity index (χ4n) is 3.57.